The monoisotopic (exact) mass is 382 g/mol. The Morgan fingerprint density at radius 1 is 1.37 bits per heavy atom. The van der Waals surface area contributed by atoms with Gasteiger partial charge in [0.1, 0.15) is 10.8 Å². The molecule has 0 radical (unpaired) electrons. The normalized spacial score (nSPS) is 10.3. The van der Waals surface area contributed by atoms with Gasteiger partial charge in [0.05, 0.1) is 6.54 Å². The molecule has 0 aliphatic carbocycles. The first-order chi connectivity index (χ1) is 12.9. The van der Waals surface area contributed by atoms with Crippen molar-refractivity contribution in [2.75, 3.05) is 5.32 Å². The summed E-state index contributed by atoms with van der Waals surface area (Å²) >= 11 is 6.17. The molecule has 136 valence electrons. The molecule has 1 amide bonds. The van der Waals surface area contributed by atoms with Gasteiger partial charge in [-0.3, -0.25) is 18.7 Å². The Hall–Kier alpha value is -3.50. The minimum absolute atomic E-state index is 0.0501. The molecule has 3 rings (SSSR count). The second-order valence-corrected chi connectivity index (χ2v) is 6.03. The highest BCUT2D eigenvalue weighted by atomic mass is 35.5. The van der Waals surface area contributed by atoms with Crippen LogP contribution < -0.4 is 16.6 Å². The Labute approximate surface area is 158 Å². The number of benzene rings is 1. The molecule has 3 aromatic rings. The van der Waals surface area contributed by atoms with Crippen LogP contribution >= 0.6 is 11.6 Å². The van der Waals surface area contributed by atoms with Gasteiger partial charge in [-0.05, 0) is 29.7 Å². The fraction of sp³-hybridized carbons (Fsp3) is 0.105. The number of amides is 1. The average Bonchev–Trinajstić information content (AvgIpc) is 3.14. The van der Waals surface area contributed by atoms with E-state index in [1.54, 1.807) is 0 Å². The number of nitrogens with zero attached hydrogens (tertiary/aromatic N) is 2. The molecule has 1 aromatic carbocycles. The minimum atomic E-state index is -0.707. The summed E-state index contributed by atoms with van der Waals surface area (Å²) < 4.78 is 1.97. The number of aromatic amines is 1. The van der Waals surface area contributed by atoms with Crippen LogP contribution in [0.5, 0.6) is 0 Å². The standard InChI is InChI=1S/C19H15ClN4O3/c1-3-15(25)22-16-17(20)24(19(27)23(2)18(16)26)10-4-5-12-6-7-13-8-9-21-14(13)11-12/h3,6-9,11,21H,1,10H2,2H3,(H,22,25). The smallest absolute Gasteiger partial charge is 0.332 e. The van der Waals surface area contributed by atoms with E-state index in [1.165, 1.54) is 7.05 Å². The number of H-pyrrole nitrogens is 1. The summed E-state index contributed by atoms with van der Waals surface area (Å²) in [5.41, 5.74) is 0.184. The summed E-state index contributed by atoms with van der Waals surface area (Å²) in [6, 6.07) is 7.65. The lowest BCUT2D eigenvalue weighted by atomic mass is 10.2. The second-order valence-electron chi connectivity index (χ2n) is 5.67. The van der Waals surface area contributed by atoms with Gasteiger partial charge in [0, 0.05) is 24.3 Å². The van der Waals surface area contributed by atoms with Crippen LogP contribution in [0.1, 0.15) is 5.56 Å². The summed E-state index contributed by atoms with van der Waals surface area (Å²) in [5.74, 6) is 5.21. The lowest BCUT2D eigenvalue weighted by molar-refractivity contribution is -0.111. The van der Waals surface area contributed by atoms with E-state index in [1.807, 2.05) is 30.5 Å². The molecule has 2 N–H and O–H groups in total. The number of hydrogen-bond acceptors (Lipinski definition) is 3. The quantitative estimate of drug-likeness (QED) is 0.411. The van der Waals surface area contributed by atoms with Crippen molar-refractivity contribution in [3.8, 4) is 11.8 Å². The van der Waals surface area contributed by atoms with Gasteiger partial charge >= 0.3 is 5.69 Å². The first-order valence-electron chi connectivity index (χ1n) is 7.91. The molecule has 8 heteroatoms. The zero-order valence-electron chi connectivity index (χ0n) is 14.4. The van der Waals surface area contributed by atoms with Crippen LogP contribution in [0.25, 0.3) is 10.9 Å². The molecule has 0 unspecified atom stereocenters. The number of carbonyl (C=O) groups is 1. The third-order valence-electron chi connectivity index (χ3n) is 3.94. The van der Waals surface area contributed by atoms with Crippen LogP contribution in [0.4, 0.5) is 5.69 Å². The number of carbonyl (C=O) groups excluding carboxylic acids is 1. The molecular formula is C19H15ClN4O3. The maximum Gasteiger partial charge on any atom is 0.332 e. The molecule has 0 bridgehead atoms. The molecule has 0 saturated carbocycles. The Bertz CT molecular complexity index is 1240. The van der Waals surface area contributed by atoms with Gasteiger partial charge in [-0.15, -0.1) is 0 Å². The fourth-order valence-corrected chi connectivity index (χ4v) is 2.77. The van der Waals surface area contributed by atoms with Crippen molar-refractivity contribution < 1.29 is 4.79 Å². The van der Waals surface area contributed by atoms with E-state index in [0.717, 1.165) is 31.7 Å². The predicted octanol–water partition coefficient (Wildman–Crippen LogP) is 1.86. The topological polar surface area (TPSA) is 88.9 Å². The SMILES string of the molecule is C=CC(=O)Nc1c(Cl)n(CC#Cc2ccc3cc[nH]c3c2)c(=O)n(C)c1=O. The van der Waals surface area contributed by atoms with E-state index in [2.05, 4.69) is 28.7 Å². The van der Waals surface area contributed by atoms with Gasteiger partial charge < -0.3 is 10.3 Å². The van der Waals surface area contributed by atoms with Crippen LogP contribution in [0.2, 0.25) is 5.15 Å². The third-order valence-corrected chi connectivity index (χ3v) is 4.33. The number of rotatable bonds is 3. The van der Waals surface area contributed by atoms with E-state index in [4.69, 9.17) is 11.6 Å². The summed E-state index contributed by atoms with van der Waals surface area (Å²) in [5, 5.41) is 3.21. The van der Waals surface area contributed by atoms with E-state index in [9.17, 15) is 14.4 Å². The highest BCUT2D eigenvalue weighted by molar-refractivity contribution is 6.32. The van der Waals surface area contributed by atoms with Crippen molar-refractivity contribution >= 4 is 34.1 Å². The number of halogens is 1. The minimum Gasteiger partial charge on any atom is -0.361 e. The van der Waals surface area contributed by atoms with Crippen LogP contribution in [-0.2, 0) is 18.4 Å². The Balaban J connectivity index is 1.97. The maximum atomic E-state index is 12.3. The van der Waals surface area contributed by atoms with Gasteiger partial charge in [-0.25, -0.2) is 4.79 Å². The molecule has 7 nitrogen and oxygen atoms in total. The maximum absolute atomic E-state index is 12.3. The summed E-state index contributed by atoms with van der Waals surface area (Å²) in [6.07, 6.45) is 2.84. The van der Waals surface area contributed by atoms with Crippen molar-refractivity contribution in [2.45, 2.75) is 6.54 Å². The fourth-order valence-electron chi connectivity index (χ4n) is 2.51. The number of nitrogens with one attached hydrogen (secondary N) is 2. The number of aromatic nitrogens is 3. The first kappa shape index (κ1) is 18.3. The van der Waals surface area contributed by atoms with Crippen molar-refractivity contribution in [2.24, 2.45) is 7.05 Å². The van der Waals surface area contributed by atoms with E-state index in [-0.39, 0.29) is 17.4 Å². The number of hydrogen-bond donors (Lipinski definition) is 2. The van der Waals surface area contributed by atoms with E-state index >= 15 is 0 Å². The zero-order chi connectivity index (χ0) is 19.6. The Morgan fingerprint density at radius 2 is 2.15 bits per heavy atom. The molecule has 27 heavy (non-hydrogen) atoms. The molecule has 0 spiro atoms. The van der Waals surface area contributed by atoms with Crippen molar-refractivity contribution in [3.05, 3.63) is 74.7 Å². The zero-order valence-corrected chi connectivity index (χ0v) is 15.1. The highest BCUT2D eigenvalue weighted by Crippen LogP contribution is 2.16. The Morgan fingerprint density at radius 3 is 2.89 bits per heavy atom. The van der Waals surface area contributed by atoms with Gasteiger partial charge in [-0.1, -0.05) is 36.1 Å². The molecule has 0 saturated heterocycles. The second kappa shape index (κ2) is 7.40. The summed E-state index contributed by atoms with van der Waals surface area (Å²) in [7, 11) is 1.30. The largest absolute Gasteiger partial charge is 0.361 e. The van der Waals surface area contributed by atoms with Crippen LogP contribution in [-0.4, -0.2) is 20.0 Å². The predicted molar refractivity (Wildman–Crippen MR) is 105 cm³/mol. The van der Waals surface area contributed by atoms with Crippen LogP contribution in [0.15, 0.2) is 52.7 Å². The molecule has 0 aliphatic heterocycles. The average molecular weight is 383 g/mol. The molecule has 2 heterocycles. The van der Waals surface area contributed by atoms with Crippen molar-refractivity contribution in [3.63, 3.8) is 0 Å². The van der Waals surface area contributed by atoms with Gasteiger partial charge in [-0.2, -0.15) is 0 Å². The third kappa shape index (κ3) is 3.57. The highest BCUT2D eigenvalue weighted by Gasteiger charge is 2.16. The number of fused-ring (bicyclic) bond motifs is 1. The molecule has 0 atom stereocenters. The molecule has 0 aliphatic rings. The lowest BCUT2D eigenvalue weighted by Crippen LogP contribution is -2.40. The van der Waals surface area contributed by atoms with Crippen LogP contribution in [0, 0.1) is 11.8 Å². The molecule has 0 fully saturated rings. The molecule has 2 aromatic heterocycles. The van der Waals surface area contributed by atoms with E-state index < -0.39 is 17.2 Å². The van der Waals surface area contributed by atoms with E-state index in [0.29, 0.717) is 0 Å². The summed E-state index contributed by atoms with van der Waals surface area (Å²) in [6.45, 7) is 3.27. The van der Waals surface area contributed by atoms with Gasteiger partial charge in [0.2, 0.25) is 5.91 Å². The lowest BCUT2D eigenvalue weighted by Gasteiger charge is -2.11. The first-order valence-corrected chi connectivity index (χ1v) is 8.29. The van der Waals surface area contributed by atoms with Crippen molar-refractivity contribution in [1.29, 1.82) is 0 Å². The molecular weight excluding hydrogens is 368 g/mol. The Kier molecular flexibility index (Phi) is 5.01. The van der Waals surface area contributed by atoms with Crippen LogP contribution in [0.3, 0.4) is 0 Å². The van der Waals surface area contributed by atoms with Crippen molar-refractivity contribution in [1.82, 2.24) is 14.1 Å². The number of anilines is 1. The van der Waals surface area contributed by atoms with Gasteiger partial charge in [0.15, 0.2) is 0 Å². The summed E-state index contributed by atoms with van der Waals surface area (Å²) in [4.78, 5) is 39.1. The van der Waals surface area contributed by atoms with Gasteiger partial charge in [0.25, 0.3) is 5.56 Å².